The molecule has 0 aromatic rings. The summed E-state index contributed by atoms with van der Waals surface area (Å²) < 4.78 is 10.4. The van der Waals surface area contributed by atoms with Gasteiger partial charge in [-0.05, 0) is 6.42 Å². The SMILES string of the molecule is CC1(C)CCC2=C(OCCC(=O)O2)C1=O. The maximum atomic E-state index is 12.0. The number of carbonyl (C=O) groups is 2. The van der Waals surface area contributed by atoms with Crippen molar-refractivity contribution in [2.24, 2.45) is 5.41 Å². The highest BCUT2D eigenvalue weighted by Gasteiger charge is 2.39. The van der Waals surface area contributed by atoms with Gasteiger partial charge in [0.05, 0.1) is 13.0 Å². The third kappa shape index (κ3) is 1.76. The fraction of sp³-hybridized carbons (Fsp3) is 0.636. The van der Waals surface area contributed by atoms with E-state index in [-0.39, 0.29) is 30.5 Å². The molecule has 2 rings (SSSR count). The summed E-state index contributed by atoms with van der Waals surface area (Å²) in [6.07, 6.45) is 1.50. The van der Waals surface area contributed by atoms with Gasteiger partial charge in [-0.15, -0.1) is 0 Å². The first-order valence-corrected chi connectivity index (χ1v) is 5.12. The van der Waals surface area contributed by atoms with Crippen LogP contribution in [0, 0.1) is 5.41 Å². The van der Waals surface area contributed by atoms with Crippen LogP contribution in [0.25, 0.3) is 0 Å². The van der Waals surface area contributed by atoms with Crippen LogP contribution in [-0.2, 0) is 19.1 Å². The maximum absolute atomic E-state index is 12.0. The van der Waals surface area contributed by atoms with Crippen molar-refractivity contribution in [1.29, 1.82) is 0 Å². The van der Waals surface area contributed by atoms with Crippen LogP contribution in [-0.4, -0.2) is 18.4 Å². The molecule has 0 aromatic carbocycles. The minimum Gasteiger partial charge on any atom is -0.486 e. The number of hydrogen-bond acceptors (Lipinski definition) is 4. The van der Waals surface area contributed by atoms with Gasteiger partial charge in [-0.1, -0.05) is 13.8 Å². The maximum Gasteiger partial charge on any atom is 0.314 e. The lowest BCUT2D eigenvalue weighted by atomic mass is 9.78. The molecule has 0 fully saturated rings. The van der Waals surface area contributed by atoms with E-state index in [4.69, 9.17) is 9.47 Å². The van der Waals surface area contributed by atoms with Gasteiger partial charge in [-0.2, -0.15) is 0 Å². The molecular formula is C11H14O4. The number of rotatable bonds is 0. The average molecular weight is 210 g/mol. The van der Waals surface area contributed by atoms with Crippen LogP contribution < -0.4 is 0 Å². The van der Waals surface area contributed by atoms with E-state index in [1.54, 1.807) is 0 Å². The minimum absolute atomic E-state index is 0.0570. The van der Waals surface area contributed by atoms with E-state index in [1.165, 1.54) is 0 Å². The Labute approximate surface area is 88.2 Å². The van der Waals surface area contributed by atoms with Gasteiger partial charge in [0.25, 0.3) is 0 Å². The molecule has 4 heteroatoms. The number of allylic oxidation sites excluding steroid dienone is 2. The van der Waals surface area contributed by atoms with Crippen LogP contribution in [0.3, 0.4) is 0 Å². The molecule has 0 amide bonds. The summed E-state index contributed by atoms with van der Waals surface area (Å²) in [5.41, 5.74) is -0.407. The van der Waals surface area contributed by atoms with Gasteiger partial charge in [0.1, 0.15) is 0 Å². The molecule has 82 valence electrons. The third-order valence-corrected chi connectivity index (χ3v) is 2.84. The number of hydrogen-bond donors (Lipinski definition) is 0. The van der Waals surface area contributed by atoms with Crippen LogP contribution in [0.2, 0.25) is 0 Å². The molecule has 2 aliphatic rings. The zero-order valence-electron chi connectivity index (χ0n) is 8.96. The Hall–Kier alpha value is -1.32. The number of ether oxygens (including phenoxy) is 2. The van der Waals surface area contributed by atoms with Gasteiger partial charge in [0.15, 0.2) is 5.76 Å². The van der Waals surface area contributed by atoms with Crippen LogP contribution in [0.4, 0.5) is 0 Å². The summed E-state index contributed by atoms with van der Waals surface area (Å²) in [5.74, 6) is 0.310. The van der Waals surface area contributed by atoms with E-state index in [0.717, 1.165) is 0 Å². The molecule has 0 radical (unpaired) electrons. The number of ketones is 1. The fourth-order valence-corrected chi connectivity index (χ4v) is 1.76. The molecule has 1 heterocycles. The first kappa shape index (κ1) is 10.2. The lowest BCUT2D eigenvalue weighted by Crippen LogP contribution is -2.31. The summed E-state index contributed by atoms with van der Waals surface area (Å²) in [4.78, 5) is 23.1. The zero-order valence-corrected chi connectivity index (χ0v) is 8.96. The fourth-order valence-electron chi connectivity index (χ4n) is 1.76. The second-order valence-corrected chi connectivity index (χ2v) is 4.54. The summed E-state index contributed by atoms with van der Waals surface area (Å²) in [6.45, 7) is 4.00. The van der Waals surface area contributed by atoms with Crippen LogP contribution >= 0.6 is 0 Å². The first-order valence-electron chi connectivity index (χ1n) is 5.12. The van der Waals surface area contributed by atoms with Crippen molar-refractivity contribution in [2.45, 2.75) is 33.1 Å². The third-order valence-electron chi connectivity index (χ3n) is 2.84. The molecule has 1 aliphatic heterocycles. The van der Waals surface area contributed by atoms with Crippen molar-refractivity contribution in [2.75, 3.05) is 6.61 Å². The van der Waals surface area contributed by atoms with E-state index in [1.807, 2.05) is 13.8 Å². The summed E-state index contributed by atoms with van der Waals surface area (Å²) in [6, 6.07) is 0. The Morgan fingerprint density at radius 2 is 1.93 bits per heavy atom. The van der Waals surface area contributed by atoms with Crippen molar-refractivity contribution in [3.8, 4) is 0 Å². The van der Waals surface area contributed by atoms with Crippen molar-refractivity contribution in [3.63, 3.8) is 0 Å². The normalized spacial score (nSPS) is 25.2. The Morgan fingerprint density at radius 1 is 1.20 bits per heavy atom. The highest BCUT2D eigenvalue weighted by atomic mass is 16.6. The molecule has 0 saturated heterocycles. The van der Waals surface area contributed by atoms with Gasteiger partial charge in [0.2, 0.25) is 11.5 Å². The Morgan fingerprint density at radius 3 is 2.67 bits per heavy atom. The van der Waals surface area contributed by atoms with E-state index in [0.29, 0.717) is 18.6 Å². The predicted octanol–water partition coefficient (Wildman–Crippen LogP) is 1.55. The molecule has 0 unspecified atom stereocenters. The molecule has 0 N–H and O–H groups in total. The van der Waals surface area contributed by atoms with Gasteiger partial charge in [-0.25, -0.2) is 0 Å². The molecule has 0 saturated carbocycles. The van der Waals surface area contributed by atoms with Gasteiger partial charge < -0.3 is 9.47 Å². The van der Waals surface area contributed by atoms with Crippen molar-refractivity contribution in [3.05, 3.63) is 11.5 Å². The van der Waals surface area contributed by atoms with E-state index >= 15 is 0 Å². The standard InChI is InChI=1S/C11H14O4/c1-11(2)5-3-7-9(10(11)13)14-6-4-8(12)15-7/h3-6H2,1-2H3. The molecule has 1 aliphatic carbocycles. The van der Waals surface area contributed by atoms with Gasteiger partial charge in [-0.3, -0.25) is 9.59 Å². The van der Waals surface area contributed by atoms with Crippen molar-refractivity contribution < 1.29 is 19.1 Å². The number of carbonyl (C=O) groups excluding carboxylic acids is 2. The number of esters is 1. The average Bonchev–Trinajstić information content (AvgIpc) is 2.34. The second-order valence-electron chi connectivity index (χ2n) is 4.54. The second kappa shape index (κ2) is 3.36. The van der Waals surface area contributed by atoms with Crippen LogP contribution in [0.15, 0.2) is 11.5 Å². The lowest BCUT2D eigenvalue weighted by Gasteiger charge is -2.29. The first-order chi connectivity index (χ1) is 7.00. The van der Waals surface area contributed by atoms with E-state index in [9.17, 15) is 9.59 Å². The summed E-state index contributed by atoms with van der Waals surface area (Å²) >= 11 is 0. The van der Waals surface area contributed by atoms with Gasteiger partial charge >= 0.3 is 5.97 Å². The van der Waals surface area contributed by atoms with Gasteiger partial charge in [0, 0.05) is 11.8 Å². The topological polar surface area (TPSA) is 52.6 Å². The summed E-state index contributed by atoms with van der Waals surface area (Å²) in [7, 11) is 0. The Kier molecular flexibility index (Phi) is 2.29. The lowest BCUT2D eigenvalue weighted by molar-refractivity contribution is -0.139. The van der Waals surface area contributed by atoms with E-state index in [2.05, 4.69) is 0 Å². The molecular weight excluding hydrogens is 196 g/mol. The largest absolute Gasteiger partial charge is 0.486 e. The Balaban J connectivity index is 2.34. The van der Waals surface area contributed by atoms with Crippen LogP contribution in [0.1, 0.15) is 33.1 Å². The molecule has 0 aromatic heterocycles. The predicted molar refractivity (Wildman–Crippen MR) is 51.7 cm³/mol. The number of Topliss-reactive ketones (excluding diaryl/α,β-unsaturated/α-hetero) is 1. The quantitative estimate of drug-likeness (QED) is 0.569. The molecule has 4 nitrogen and oxygen atoms in total. The zero-order chi connectivity index (χ0) is 11.1. The van der Waals surface area contributed by atoms with E-state index < -0.39 is 5.41 Å². The summed E-state index contributed by atoms with van der Waals surface area (Å²) in [5, 5.41) is 0. The van der Waals surface area contributed by atoms with Crippen molar-refractivity contribution >= 4 is 11.8 Å². The molecule has 15 heavy (non-hydrogen) atoms. The molecule has 0 spiro atoms. The van der Waals surface area contributed by atoms with Crippen molar-refractivity contribution in [1.82, 2.24) is 0 Å². The minimum atomic E-state index is -0.407. The Bertz CT molecular complexity index is 352. The monoisotopic (exact) mass is 210 g/mol. The molecule has 0 bridgehead atoms. The molecule has 0 atom stereocenters. The van der Waals surface area contributed by atoms with Crippen LogP contribution in [0.5, 0.6) is 0 Å². The smallest absolute Gasteiger partial charge is 0.314 e. The highest BCUT2D eigenvalue weighted by Crippen LogP contribution is 2.37. The highest BCUT2D eigenvalue weighted by molar-refractivity contribution is 5.99.